The summed E-state index contributed by atoms with van der Waals surface area (Å²) < 4.78 is 0. The first-order valence-electron chi connectivity index (χ1n) is 10.8. The number of aromatic nitrogens is 4. The molecular weight excluding hydrogens is 418 g/mol. The number of hydrogen-bond acceptors (Lipinski definition) is 7. The van der Waals surface area contributed by atoms with Gasteiger partial charge in [0.25, 0.3) is 5.91 Å². The van der Waals surface area contributed by atoms with Crippen molar-refractivity contribution >= 4 is 39.4 Å². The largest absolute Gasteiger partial charge is 0.360 e. The molecule has 0 saturated carbocycles. The van der Waals surface area contributed by atoms with Gasteiger partial charge in [0.1, 0.15) is 17.5 Å². The Morgan fingerprint density at radius 2 is 2.06 bits per heavy atom. The highest BCUT2D eigenvalue weighted by molar-refractivity contribution is 6.07. The Labute approximate surface area is 190 Å². The number of piperazine rings is 1. The summed E-state index contributed by atoms with van der Waals surface area (Å²) in [6, 6.07) is 11.3. The molecule has 33 heavy (non-hydrogen) atoms. The molecule has 1 fully saturated rings. The molecule has 2 amide bonds. The van der Waals surface area contributed by atoms with Gasteiger partial charge in [0.15, 0.2) is 5.82 Å². The van der Waals surface area contributed by atoms with E-state index in [-0.39, 0.29) is 24.4 Å². The standard InChI is InChI=1S/C24H23N7O2/c1-14-5-3-6-16-11-18(15(2)29-23-21-17(27-13-28-23)7-4-8-26-21)30-22(20(14)16)24(33)31-10-9-25-19(32)12-31/h3-8,11,13,15H,9-10,12H2,1-2H3,(H,25,32)(H,27,28,29)/t15-/m0/s1. The Bertz CT molecular complexity index is 1380. The maximum atomic E-state index is 13.5. The average Bonchev–Trinajstić information content (AvgIpc) is 2.83. The molecule has 1 aliphatic heterocycles. The van der Waals surface area contributed by atoms with E-state index in [1.165, 1.54) is 6.33 Å². The van der Waals surface area contributed by atoms with Crippen molar-refractivity contribution in [1.82, 2.24) is 30.2 Å². The van der Waals surface area contributed by atoms with Crippen LogP contribution < -0.4 is 10.6 Å². The topological polar surface area (TPSA) is 113 Å². The van der Waals surface area contributed by atoms with Gasteiger partial charge in [0.05, 0.1) is 23.8 Å². The number of pyridine rings is 2. The number of rotatable bonds is 4. The molecule has 5 rings (SSSR count). The van der Waals surface area contributed by atoms with Gasteiger partial charge in [-0.2, -0.15) is 0 Å². The molecule has 3 aromatic heterocycles. The van der Waals surface area contributed by atoms with Gasteiger partial charge >= 0.3 is 0 Å². The Balaban J connectivity index is 1.56. The van der Waals surface area contributed by atoms with E-state index in [0.29, 0.717) is 35.8 Å². The third-order valence-electron chi connectivity index (χ3n) is 5.81. The molecule has 9 heteroatoms. The summed E-state index contributed by atoms with van der Waals surface area (Å²) in [6.45, 7) is 4.85. The molecule has 0 aliphatic carbocycles. The van der Waals surface area contributed by atoms with Crippen molar-refractivity contribution in [3.05, 3.63) is 65.9 Å². The Hall–Kier alpha value is -4.14. The van der Waals surface area contributed by atoms with Crippen molar-refractivity contribution < 1.29 is 9.59 Å². The van der Waals surface area contributed by atoms with Gasteiger partial charge in [0.2, 0.25) is 5.91 Å². The minimum atomic E-state index is -0.258. The van der Waals surface area contributed by atoms with Gasteiger partial charge in [-0.1, -0.05) is 18.2 Å². The lowest BCUT2D eigenvalue weighted by molar-refractivity contribution is -0.123. The third kappa shape index (κ3) is 3.93. The average molecular weight is 441 g/mol. The summed E-state index contributed by atoms with van der Waals surface area (Å²) in [6.07, 6.45) is 3.19. The predicted molar refractivity (Wildman–Crippen MR) is 125 cm³/mol. The van der Waals surface area contributed by atoms with E-state index >= 15 is 0 Å². The van der Waals surface area contributed by atoms with Crippen LogP contribution >= 0.6 is 0 Å². The molecule has 0 radical (unpaired) electrons. The maximum Gasteiger partial charge on any atom is 0.273 e. The van der Waals surface area contributed by atoms with E-state index in [9.17, 15) is 9.59 Å². The number of carbonyl (C=O) groups is 2. The van der Waals surface area contributed by atoms with Gasteiger partial charge in [-0.15, -0.1) is 0 Å². The van der Waals surface area contributed by atoms with Crippen LogP contribution in [0.5, 0.6) is 0 Å². The SMILES string of the molecule is Cc1cccc2cc([C@H](C)Nc3ncnc4cccnc34)nc(C(=O)N3CCNC(=O)C3)c12. The van der Waals surface area contributed by atoms with Crippen LogP contribution in [-0.4, -0.2) is 56.3 Å². The first-order valence-corrected chi connectivity index (χ1v) is 10.8. The summed E-state index contributed by atoms with van der Waals surface area (Å²) in [5, 5.41) is 7.85. The summed E-state index contributed by atoms with van der Waals surface area (Å²) >= 11 is 0. The fraction of sp³-hybridized carbons (Fsp3) is 0.250. The number of hydrogen-bond donors (Lipinski definition) is 2. The molecule has 166 valence electrons. The summed E-state index contributed by atoms with van der Waals surface area (Å²) in [7, 11) is 0. The third-order valence-corrected chi connectivity index (χ3v) is 5.81. The zero-order valence-electron chi connectivity index (χ0n) is 18.4. The number of amides is 2. The molecule has 1 atom stereocenters. The smallest absolute Gasteiger partial charge is 0.273 e. The Morgan fingerprint density at radius 1 is 1.18 bits per heavy atom. The molecule has 1 saturated heterocycles. The molecule has 9 nitrogen and oxygen atoms in total. The predicted octanol–water partition coefficient (Wildman–Crippen LogP) is 2.63. The monoisotopic (exact) mass is 441 g/mol. The number of nitrogens with one attached hydrogen (secondary N) is 2. The minimum Gasteiger partial charge on any atom is -0.360 e. The van der Waals surface area contributed by atoms with E-state index in [2.05, 4.69) is 25.6 Å². The van der Waals surface area contributed by atoms with Crippen LogP contribution in [0.4, 0.5) is 5.82 Å². The fourth-order valence-corrected chi connectivity index (χ4v) is 4.13. The van der Waals surface area contributed by atoms with E-state index < -0.39 is 0 Å². The molecule has 4 heterocycles. The van der Waals surface area contributed by atoms with Gasteiger partial charge in [-0.3, -0.25) is 14.6 Å². The lowest BCUT2D eigenvalue weighted by Crippen LogP contribution is -2.50. The van der Waals surface area contributed by atoms with Crippen LogP contribution in [0.25, 0.3) is 21.8 Å². The van der Waals surface area contributed by atoms with Crippen molar-refractivity contribution in [3.63, 3.8) is 0 Å². The Morgan fingerprint density at radius 3 is 2.91 bits per heavy atom. The lowest BCUT2D eigenvalue weighted by Gasteiger charge is -2.27. The fourth-order valence-electron chi connectivity index (χ4n) is 4.13. The number of benzene rings is 1. The normalized spacial score (nSPS) is 14.8. The van der Waals surface area contributed by atoms with Gasteiger partial charge in [0, 0.05) is 24.7 Å². The van der Waals surface area contributed by atoms with Gasteiger partial charge in [-0.05, 0) is 43.0 Å². The number of fused-ring (bicyclic) bond motifs is 2. The first-order chi connectivity index (χ1) is 16.0. The first kappa shape index (κ1) is 20.7. The zero-order valence-corrected chi connectivity index (χ0v) is 18.4. The molecule has 0 unspecified atom stereocenters. The Kier molecular flexibility index (Phi) is 5.29. The van der Waals surface area contributed by atoms with Crippen LogP contribution in [0.3, 0.4) is 0 Å². The van der Waals surface area contributed by atoms with E-state index in [1.54, 1.807) is 11.1 Å². The lowest BCUT2D eigenvalue weighted by atomic mass is 10.0. The molecule has 1 aromatic carbocycles. The zero-order chi connectivity index (χ0) is 22.9. The number of anilines is 1. The van der Waals surface area contributed by atoms with Crippen molar-refractivity contribution in [2.75, 3.05) is 25.0 Å². The minimum absolute atomic E-state index is 0.0323. The summed E-state index contributed by atoms with van der Waals surface area (Å²) in [5.74, 6) is 0.192. The van der Waals surface area contributed by atoms with Crippen LogP contribution in [-0.2, 0) is 4.79 Å². The highest BCUT2D eigenvalue weighted by atomic mass is 16.2. The molecule has 1 aliphatic rings. The van der Waals surface area contributed by atoms with Crippen molar-refractivity contribution in [3.8, 4) is 0 Å². The second-order valence-electron chi connectivity index (χ2n) is 8.10. The van der Waals surface area contributed by atoms with E-state index in [0.717, 1.165) is 21.9 Å². The van der Waals surface area contributed by atoms with Gasteiger partial charge < -0.3 is 15.5 Å². The summed E-state index contributed by atoms with van der Waals surface area (Å²) in [5.41, 5.74) is 3.42. The maximum absolute atomic E-state index is 13.5. The quantitative estimate of drug-likeness (QED) is 0.500. The van der Waals surface area contributed by atoms with Crippen molar-refractivity contribution in [2.24, 2.45) is 0 Å². The van der Waals surface area contributed by atoms with Crippen LogP contribution in [0.15, 0.2) is 48.9 Å². The molecule has 2 N–H and O–H groups in total. The highest BCUT2D eigenvalue weighted by Gasteiger charge is 2.26. The highest BCUT2D eigenvalue weighted by Crippen LogP contribution is 2.28. The molecule has 4 aromatic rings. The number of nitrogens with zero attached hydrogens (tertiary/aromatic N) is 5. The molecule has 0 bridgehead atoms. The summed E-state index contributed by atoms with van der Waals surface area (Å²) in [4.78, 5) is 44.7. The number of carbonyl (C=O) groups excluding carboxylic acids is 2. The van der Waals surface area contributed by atoms with E-state index in [4.69, 9.17) is 4.98 Å². The van der Waals surface area contributed by atoms with Crippen LogP contribution in [0.2, 0.25) is 0 Å². The van der Waals surface area contributed by atoms with E-state index in [1.807, 2.05) is 50.2 Å². The molecule has 0 spiro atoms. The van der Waals surface area contributed by atoms with Crippen LogP contribution in [0, 0.1) is 6.92 Å². The second kappa shape index (κ2) is 8.42. The van der Waals surface area contributed by atoms with Gasteiger partial charge in [-0.25, -0.2) is 15.0 Å². The van der Waals surface area contributed by atoms with Crippen molar-refractivity contribution in [1.29, 1.82) is 0 Å². The van der Waals surface area contributed by atoms with Crippen molar-refractivity contribution in [2.45, 2.75) is 19.9 Å². The second-order valence-corrected chi connectivity index (χ2v) is 8.10. The number of aryl methyl sites for hydroxylation is 1. The van der Waals surface area contributed by atoms with Crippen LogP contribution in [0.1, 0.15) is 34.7 Å². The molecular formula is C24H23N7O2.